The number of nitrogens with one attached hydrogen (secondary N) is 1. The molecule has 31 heavy (non-hydrogen) atoms. The molecule has 1 N–H and O–H groups in total. The number of hydrogen-bond donors (Lipinski definition) is 1. The molecule has 2 aromatic carbocycles. The maximum Gasteiger partial charge on any atom is 0.417 e. The van der Waals surface area contributed by atoms with E-state index in [1.807, 2.05) is 5.32 Å². The van der Waals surface area contributed by atoms with E-state index in [4.69, 9.17) is 11.6 Å². The topological polar surface area (TPSA) is 66.5 Å². The van der Waals surface area contributed by atoms with Crippen LogP contribution in [0.1, 0.15) is 18.9 Å². The molecule has 1 amide bonds. The van der Waals surface area contributed by atoms with Gasteiger partial charge in [0.15, 0.2) is 17.5 Å². The first-order valence-corrected chi connectivity index (χ1v) is 10.4. The van der Waals surface area contributed by atoms with Crippen LogP contribution < -0.4 is 5.32 Å². The third-order valence-electron chi connectivity index (χ3n) is 3.97. The van der Waals surface area contributed by atoms with E-state index < -0.39 is 62.2 Å². The fourth-order valence-corrected chi connectivity index (χ4v) is 4.45. The summed E-state index contributed by atoms with van der Waals surface area (Å²) < 4.78 is 106. The van der Waals surface area contributed by atoms with Gasteiger partial charge in [-0.05, 0) is 36.8 Å². The monoisotopic (exact) mass is 488 g/mol. The zero-order chi connectivity index (χ0) is 23.6. The number of carbonyl (C=O) groups is 1. The number of anilines is 1. The van der Waals surface area contributed by atoms with Gasteiger partial charge in [0, 0.05) is 11.6 Å². The lowest BCUT2D eigenvalue weighted by molar-refractivity contribution is -0.139. The summed E-state index contributed by atoms with van der Waals surface area (Å²) in [6.07, 6.45) is -4.93. The highest BCUT2D eigenvalue weighted by atomic mass is 35.5. The summed E-state index contributed by atoms with van der Waals surface area (Å²) in [5, 5.41) is 1.53. The van der Waals surface area contributed by atoms with Crippen molar-refractivity contribution in [3.05, 3.63) is 58.4 Å². The predicted octanol–water partition coefficient (Wildman–Crippen LogP) is 4.82. The molecule has 170 valence electrons. The third kappa shape index (κ3) is 5.69. The second kappa shape index (κ2) is 9.45. The highest BCUT2D eigenvalue weighted by Gasteiger charge is 2.39. The van der Waals surface area contributed by atoms with Gasteiger partial charge >= 0.3 is 6.18 Å². The molecule has 0 aliphatic rings. The van der Waals surface area contributed by atoms with Crippen LogP contribution >= 0.6 is 11.6 Å². The van der Waals surface area contributed by atoms with E-state index in [-0.39, 0.29) is 18.0 Å². The molecule has 2 rings (SSSR count). The minimum Gasteiger partial charge on any atom is -0.322 e. The fraction of sp³-hybridized carbons (Fsp3) is 0.278. The Balaban J connectivity index is 2.38. The molecule has 0 saturated carbocycles. The molecule has 0 atom stereocenters. The molecule has 0 bridgehead atoms. The second-order valence-corrected chi connectivity index (χ2v) is 8.59. The van der Waals surface area contributed by atoms with Crippen molar-refractivity contribution in [1.82, 2.24) is 4.31 Å². The molecule has 0 radical (unpaired) electrons. The Hall–Kier alpha value is -2.31. The lowest BCUT2D eigenvalue weighted by Crippen LogP contribution is -2.39. The number of amides is 1. The molecule has 5 nitrogen and oxygen atoms in total. The lowest BCUT2D eigenvalue weighted by atomic mass is 10.2. The molecule has 0 heterocycles. The molecule has 0 unspecified atom stereocenters. The normalized spacial score (nSPS) is 12.3. The van der Waals surface area contributed by atoms with Crippen molar-refractivity contribution >= 4 is 33.2 Å². The summed E-state index contributed by atoms with van der Waals surface area (Å²) in [7, 11) is -4.84. The van der Waals surface area contributed by atoms with Crippen LogP contribution in [0.4, 0.5) is 32.0 Å². The average molecular weight is 489 g/mol. The summed E-state index contributed by atoms with van der Waals surface area (Å²) in [5.74, 6) is -6.25. The fourth-order valence-electron chi connectivity index (χ4n) is 2.59. The van der Waals surface area contributed by atoms with Crippen LogP contribution in [0.3, 0.4) is 0 Å². The first-order chi connectivity index (χ1) is 14.3. The smallest absolute Gasteiger partial charge is 0.322 e. The minimum atomic E-state index is -5.05. The van der Waals surface area contributed by atoms with Crippen LogP contribution in [-0.2, 0) is 21.0 Å². The van der Waals surface area contributed by atoms with Gasteiger partial charge in [-0.2, -0.15) is 17.5 Å². The Kier molecular flexibility index (Phi) is 7.61. The van der Waals surface area contributed by atoms with Gasteiger partial charge in [0.05, 0.1) is 22.7 Å². The summed E-state index contributed by atoms with van der Waals surface area (Å²) >= 11 is 5.56. The summed E-state index contributed by atoms with van der Waals surface area (Å²) in [6, 6.07) is 3.30. The van der Waals surface area contributed by atoms with E-state index in [2.05, 4.69) is 0 Å². The van der Waals surface area contributed by atoms with Gasteiger partial charge in [-0.1, -0.05) is 18.5 Å². The SMILES string of the molecule is CCCN(CC(=O)Nc1ccc(F)c(F)c1F)S(=O)(=O)c1ccc(Cl)cc1C(F)(F)F. The van der Waals surface area contributed by atoms with Crippen molar-refractivity contribution in [3.8, 4) is 0 Å². The standard InChI is InChI=1S/C18H15ClF6N2O3S/c1-2-7-27(9-15(28)26-13-5-4-12(20)16(21)17(13)22)31(29,30)14-6-3-10(19)8-11(14)18(23,24)25/h3-6,8H,2,7,9H2,1H3,(H,26,28). The van der Waals surface area contributed by atoms with Gasteiger partial charge in [0.1, 0.15) is 0 Å². The number of carbonyl (C=O) groups excluding carboxylic acids is 1. The Morgan fingerprint density at radius 3 is 2.32 bits per heavy atom. The third-order valence-corrected chi connectivity index (χ3v) is 6.11. The predicted molar refractivity (Wildman–Crippen MR) is 100 cm³/mol. The average Bonchev–Trinajstić information content (AvgIpc) is 2.67. The van der Waals surface area contributed by atoms with Gasteiger partial charge in [-0.15, -0.1) is 0 Å². The van der Waals surface area contributed by atoms with Crippen molar-refractivity contribution in [1.29, 1.82) is 0 Å². The zero-order valence-electron chi connectivity index (χ0n) is 15.7. The summed E-state index contributed by atoms with van der Waals surface area (Å²) in [4.78, 5) is 11.1. The summed E-state index contributed by atoms with van der Waals surface area (Å²) in [5.41, 5.74) is -2.28. The van der Waals surface area contributed by atoms with Crippen LogP contribution in [0.15, 0.2) is 35.2 Å². The highest BCUT2D eigenvalue weighted by molar-refractivity contribution is 7.89. The first kappa shape index (κ1) is 25.0. The van der Waals surface area contributed by atoms with Crippen LogP contribution in [0.2, 0.25) is 5.02 Å². The largest absolute Gasteiger partial charge is 0.417 e. The molecule has 13 heteroatoms. The minimum absolute atomic E-state index is 0.126. The van der Waals surface area contributed by atoms with Crippen LogP contribution in [0.5, 0.6) is 0 Å². The van der Waals surface area contributed by atoms with Crippen LogP contribution in [0.25, 0.3) is 0 Å². The van der Waals surface area contributed by atoms with Crippen molar-refractivity contribution in [2.24, 2.45) is 0 Å². The number of sulfonamides is 1. The second-order valence-electron chi connectivity index (χ2n) is 6.25. The maximum absolute atomic E-state index is 13.7. The van der Waals surface area contributed by atoms with Crippen LogP contribution in [-0.4, -0.2) is 31.7 Å². The Morgan fingerprint density at radius 1 is 1.10 bits per heavy atom. The molecule has 0 aromatic heterocycles. The van der Waals surface area contributed by atoms with Crippen molar-refractivity contribution in [3.63, 3.8) is 0 Å². The van der Waals surface area contributed by atoms with Gasteiger partial charge in [0.2, 0.25) is 15.9 Å². The number of nitrogens with zero attached hydrogens (tertiary/aromatic N) is 1. The zero-order valence-corrected chi connectivity index (χ0v) is 17.3. The molecular weight excluding hydrogens is 474 g/mol. The Bertz CT molecular complexity index is 1090. The number of rotatable bonds is 7. The molecule has 0 aliphatic carbocycles. The van der Waals surface area contributed by atoms with Gasteiger partial charge < -0.3 is 5.32 Å². The van der Waals surface area contributed by atoms with Crippen molar-refractivity contribution in [2.45, 2.75) is 24.4 Å². The quantitative estimate of drug-likeness (QED) is 0.449. The molecule has 2 aromatic rings. The Labute approximate surface area is 178 Å². The van der Waals surface area contributed by atoms with E-state index in [1.165, 1.54) is 6.92 Å². The highest BCUT2D eigenvalue weighted by Crippen LogP contribution is 2.37. The van der Waals surface area contributed by atoms with Crippen molar-refractivity contribution in [2.75, 3.05) is 18.4 Å². The lowest BCUT2D eigenvalue weighted by Gasteiger charge is -2.23. The molecule has 0 spiro atoms. The van der Waals surface area contributed by atoms with Crippen molar-refractivity contribution < 1.29 is 39.6 Å². The van der Waals surface area contributed by atoms with E-state index in [0.717, 1.165) is 6.07 Å². The Morgan fingerprint density at radius 2 is 1.74 bits per heavy atom. The van der Waals surface area contributed by atoms with E-state index >= 15 is 0 Å². The maximum atomic E-state index is 13.7. The van der Waals surface area contributed by atoms with Gasteiger partial charge in [0.25, 0.3) is 0 Å². The van der Waals surface area contributed by atoms with Crippen LogP contribution in [0, 0.1) is 17.5 Å². The van der Waals surface area contributed by atoms with E-state index in [0.29, 0.717) is 28.6 Å². The van der Waals surface area contributed by atoms with Gasteiger partial charge in [-0.3, -0.25) is 4.79 Å². The molecular formula is C18H15ClF6N2O3S. The first-order valence-electron chi connectivity index (χ1n) is 8.59. The summed E-state index contributed by atoms with van der Waals surface area (Å²) in [6.45, 7) is 0.159. The van der Waals surface area contributed by atoms with E-state index in [9.17, 15) is 39.6 Å². The number of benzene rings is 2. The van der Waals surface area contributed by atoms with Gasteiger partial charge in [-0.25, -0.2) is 21.6 Å². The number of alkyl halides is 3. The van der Waals surface area contributed by atoms with E-state index in [1.54, 1.807) is 0 Å². The molecule has 0 fully saturated rings. The number of halogens is 7. The molecule has 0 saturated heterocycles. The molecule has 0 aliphatic heterocycles. The number of hydrogen-bond acceptors (Lipinski definition) is 3.